The van der Waals surface area contributed by atoms with Gasteiger partial charge in [-0.2, -0.15) is 0 Å². The molecule has 0 bridgehead atoms. The molecule has 0 aliphatic heterocycles. The van der Waals surface area contributed by atoms with Crippen molar-refractivity contribution in [3.05, 3.63) is 52.8 Å². The summed E-state index contributed by atoms with van der Waals surface area (Å²) in [7, 11) is 0. The van der Waals surface area contributed by atoms with E-state index in [-0.39, 0.29) is 5.82 Å². The van der Waals surface area contributed by atoms with Crippen LogP contribution in [0.25, 0.3) is 11.1 Å². The summed E-state index contributed by atoms with van der Waals surface area (Å²) in [5.41, 5.74) is 5.69. The van der Waals surface area contributed by atoms with Gasteiger partial charge in [-0.1, -0.05) is 85.8 Å². The number of halogens is 1. The van der Waals surface area contributed by atoms with Gasteiger partial charge in [0.25, 0.3) is 0 Å². The molecule has 0 aromatic heterocycles. The van der Waals surface area contributed by atoms with Gasteiger partial charge in [-0.25, -0.2) is 4.39 Å². The van der Waals surface area contributed by atoms with Crippen LogP contribution < -0.4 is 4.74 Å². The molecule has 222 valence electrons. The van der Waals surface area contributed by atoms with E-state index in [1.807, 2.05) is 12.1 Å². The molecule has 2 aliphatic rings. The van der Waals surface area contributed by atoms with Crippen LogP contribution >= 0.6 is 0 Å². The molecule has 0 unspecified atom stereocenters. The molecule has 0 saturated heterocycles. The first-order valence-corrected chi connectivity index (χ1v) is 16.9. The Kier molecular flexibility index (Phi) is 11.2. The summed E-state index contributed by atoms with van der Waals surface area (Å²) in [4.78, 5) is 0. The Labute approximate surface area is 245 Å². The summed E-state index contributed by atoms with van der Waals surface area (Å²) < 4.78 is 22.2. The minimum absolute atomic E-state index is 0.0720. The van der Waals surface area contributed by atoms with Gasteiger partial charge in [-0.05, 0) is 127 Å². The van der Waals surface area contributed by atoms with Crippen LogP contribution in [-0.4, -0.2) is 6.61 Å². The number of rotatable bonds is 12. The maximum absolute atomic E-state index is 15.7. The van der Waals surface area contributed by atoms with Gasteiger partial charge in [0.1, 0.15) is 11.6 Å². The second kappa shape index (κ2) is 14.4. The lowest BCUT2D eigenvalue weighted by molar-refractivity contribution is 0.165. The second-order valence-corrected chi connectivity index (χ2v) is 13.4. The first-order valence-electron chi connectivity index (χ1n) is 16.9. The summed E-state index contributed by atoms with van der Waals surface area (Å²) in [6.07, 6.45) is 17.2. The Morgan fingerprint density at radius 1 is 0.750 bits per heavy atom. The molecular formula is C38H57FO. The standard InChI is InChI=1S/C38H57FO/c1-7-28-24-34(25-29(8-2)37(28)40-23-22-38(9-3,10-4)11-5)35-21-20-33(26-36(35)39)32-18-16-31(17-19-32)30-14-12-27(6)13-15-30/h20-21,24-27,30-32H,7-19,22-23H2,1-6H3. The maximum atomic E-state index is 15.7. The summed E-state index contributed by atoms with van der Waals surface area (Å²) in [6, 6.07) is 10.5. The Hall–Kier alpha value is -1.83. The smallest absolute Gasteiger partial charge is 0.131 e. The molecule has 2 aliphatic carbocycles. The molecule has 4 rings (SSSR count). The molecule has 0 N–H and O–H groups in total. The third-order valence-electron chi connectivity index (χ3n) is 11.4. The number of benzene rings is 2. The molecule has 2 aromatic carbocycles. The van der Waals surface area contributed by atoms with Crippen molar-refractivity contribution < 1.29 is 9.13 Å². The summed E-state index contributed by atoms with van der Waals surface area (Å²) >= 11 is 0. The molecule has 2 heteroatoms. The molecule has 0 atom stereocenters. The van der Waals surface area contributed by atoms with Crippen LogP contribution in [0.2, 0.25) is 0 Å². The van der Waals surface area contributed by atoms with Crippen molar-refractivity contribution in [2.24, 2.45) is 23.2 Å². The van der Waals surface area contributed by atoms with E-state index in [1.54, 1.807) is 0 Å². The molecule has 0 heterocycles. The van der Waals surface area contributed by atoms with E-state index in [2.05, 4.69) is 59.7 Å². The fourth-order valence-corrected chi connectivity index (χ4v) is 7.97. The Balaban J connectivity index is 1.45. The third kappa shape index (κ3) is 7.14. The quantitative estimate of drug-likeness (QED) is 0.256. The van der Waals surface area contributed by atoms with Gasteiger partial charge >= 0.3 is 0 Å². The topological polar surface area (TPSA) is 9.23 Å². The predicted octanol–water partition coefficient (Wildman–Crippen LogP) is 11.7. The first kappa shape index (κ1) is 31.1. The average Bonchev–Trinajstić information content (AvgIpc) is 3.00. The Morgan fingerprint density at radius 3 is 1.80 bits per heavy atom. The lowest BCUT2D eigenvalue weighted by Gasteiger charge is -2.37. The van der Waals surface area contributed by atoms with Gasteiger partial charge in [-0.15, -0.1) is 0 Å². The highest BCUT2D eigenvalue weighted by molar-refractivity contribution is 5.68. The summed E-state index contributed by atoms with van der Waals surface area (Å²) in [6.45, 7) is 14.4. The molecule has 0 radical (unpaired) electrons. The summed E-state index contributed by atoms with van der Waals surface area (Å²) in [5.74, 6) is 4.24. The predicted molar refractivity (Wildman–Crippen MR) is 170 cm³/mol. The van der Waals surface area contributed by atoms with Crippen LogP contribution in [0.15, 0.2) is 30.3 Å². The van der Waals surface area contributed by atoms with Gasteiger partial charge in [-0.3, -0.25) is 0 Å². The molecule has 40 heavy (non-hydrogen) atoms. The van der Waals surface area contributed by atoms with Crippen LogP contribution in [0.4, 0.5) is 4.39 Å². The largest absolute Gasteiger partial charge is 0.493 e. The van der Waals surface area contributed by atoms with Crippen LogP contribution in [0.5, 0.6) is 5.75 Å². The van der Waals surface area contributed by atoms with Crippen LogP contribution in [0.3, 0.4) is 0 Å². The molecule has 0 amide bonds. The first-order chi connectivity index (χ1) is 19.4. The van der Waals surface area contributed by atoms with Gasteiger partial charge in [0.15, 0.2) is 0 Å². The monoisotopic (exact) mass is 548 g/mol. The minimum Gasteiger partial charge on any atom is -0.493 e. The van der Waals surface area contributed by atoms with E-state index in [1.165, 1.54) is 87.3 Å². The van der Waals surface area contributed by atoms with Crippen molar-refractivity contribution in [3.63, 3.8) is 0 Å². The molecular weight excluding hydrogens is 491 g/mol. The van der Waals surface area contributed by atoms with E-state index >= 15 is 4.39 Å². The second-order valence-electron chi connectivity index (χ2n) is 13.4. The maximum Gasteiger partial charge on any atom is 0.131 e. The number of hydrogen-bond donors (Lipinski definition) is 0. The van der Waals surface area contributed by atoms with Gasteiger partial charge in [0.2, 0.25) is 0 Å². The fourth-order valence-electron chi connectivity index (χ4n) is 7.97. The van der Waals surface area contributed by atoms with E-state index in [9.17, 15) is 0 Å². The molecule has 2 fully saturated rings. The van der Waals surface area contributed by atoms with Crippen molar-refractivity contribution in [1.82, 2.24) is 0 Å². The lowest BCUT2D eigenvalue weighted by Crippen LogP contribution is -2.24. The number of ether oxygens (including phenoxy) is 1. The molecule has 2 aromatic rings. The van der Waals surface area contributed by atoms with Crippen LogP contribution in [-0.2, 0) is 12.8 Å². The minimum atomic E-state index is -0.0720. The van der Waals surface area contributed by atoms with E-state index < -0.39 is 0 Å². The van der Waals surface area contributed by atoms with Crippen LogP contribution in [0, 0.1) is 29.0 Å². The van der Waals surface area contributed by atoms with Gasteiger partial charge in [0, 0.05) is 5.56 Å². The van der Waals surface area contributed by atoms with Crippen molar-refractivity contribution in [2.75, 3.05) is 6.61 Å². The molecule has 1 nitrogen and oxygen atoms in total. The fraction of sp³-hybridized carbons (Fsp3) is 0.684. The normalized spacial score (nSPS) is 23.8. The zero-order valence-electron chi connectivity index (χ0n) is 26.6. The molecule has 2 saturated carbocycles. The van der Waals surface area contributed by atoms with E-state index in [4.69, 9.17) is 4.74 Å². The van der Waals surface area contributed by atoms with E-state index in [0.717, 1.165) is 60.5 Å². The van der Waals surface area contributed by atoms with Crippen molar-refractivity contribution in [3.8, 4) is 16.9 Å². The zero-order chi connectivity index (χ0) is 28.7. The van der Waals surface area contributed by atoms with Crippen molar-refractivity contribution in [2.45, 2.75) is 137 Å². The van der Waals surface area contributed by atoms with Gasteiger partial charge < -0.3 is 4.74 Å². The highest BCUT2D eigenvalue weighted by Crippen LogP contribution is 2.44. The average molecular weight is 549 g/mol. The van der Waals surface area contributed by atoms with Gasteiger partial charge in [0.05, 0.1) is 6.61 Å². The lowest BCUT2D eigenvalue weighted by atomic mass is 9.68. The highest BCUT2D eigenvalue weighted by Gasteiger charge is 2.31. The van der Waals surface area contributed by atoms with E-state index in [0.29, 0.717) is 11.3 Å². The summed E-state index contributed by atoms with van der Waals surface area (Å²) in [5, 5.41) is 0. The Morgan fingerprint density at radius 2 is 1.30 bits per heavy atom. The number of hydrogen-bond acceptors (Lipinski definition) is 1. The molecule has 0 spiro atoms. The van der Waals surface area contributed by atoms with Crippen molar-refractivity contribution in [1.29, 1.82) is 0 Å². The zero-order valence-corrected chi connectivity index (χ0v) is 26.6. The third-order valence-corrected chi connectivity index (χ3v) is 11.4. The highest BCUT2D eigenvalue weighted by atomic mass is 19.1. The van der Waals surface area contributed by atoms with Crippen LogP contribution in [0.1, 0.15) is 141 Å². The van der Waals surface area contributed by atoms with Crippen molar-refractivity contribution >= 4 is 0 Å². The number of aryl methyl sites for hydroxylation is 2. The Bertz CT molecular complexity index is 1030. The SMILES string of the molecule is CCc1cc(-c2ccc(C3CCC(C4CCC(C)CC4)CC3)cc2F)cc(CC)c1OCCC(CC)(CC)CC.